The number of carbonyl (C=O) groups is 2. The Morgan fingerprint density at radius 1 is 0.758 bits per heavy atom. The number of aromatic nitrogens is 2. The zero-order chi connectivity index (χ0) is 23.2. The lowest BCUT2D eigenvalue weighted by atomic mass is 10.1. The van der Waals surface area contributed by atoms with Gasteiger partial charge < -0.3 is 21.7 Å². The number of nitrogens with two attached hydrogens (primary N) is 1. The smallest absolute Gasteiger partial charge is 0.255 e. The zero-order valence-electron chi connectivity index (χ0n) is 17.9. The van der Waals surface area contributed by atoms with E-state index in [9.17, 15) is 9.59 Å². The Morgan fingerprint density at radius 3 is 2.03 bits per heavy atom. The SMILES string of the molecule is CC(=O)Nc1ccc(-c2cc(Nc3ccc(NC(=O)c4ccc(N)cc4)cc3)ncn2)cc1. The molecule has 0 bridgehead atoms. The van der Waals surface area contributed by atoms with E-state index in [1.165, 1.54) is 13.3 Å². The predicted octanol–water partition coefficient (Wildman–Crippen LogP) is 4.68. The van der Waals surface area contributed by atoms with Crippen molar-refractivity contribution in [3.8, 4) is 11.3 Å². The van der Waals surface area contributed by atoms with Gasteiger partial charge in [0.1, 0.15) is 12.1 Å². The Labute approximate surface area is 190 Å². The summed E-state index contributed by atoms with van der Waals surface area (Å²) in [5, 5.41) is 8.83. The first-order valence-corrected chi connectivity index (χ1v) is 10.2. The van der Waals surface area contributed by atoms with Gasteiger partial charge in [-0.05, 0) is 60.7 Å². The molecule has 0 saturated carbocycles. The van der Waals surface area contributed by atoms with Crippen molar-refractivity contribution in [2.24, 2.45) is 0 Å². The molecule has 8 heteroatoms. The van der Waals surface area contributed by atoms with E-state index in [-0.39, 0.29) is 11.8 Å². The summed E-state index contributed by atoms with van der Waals surface area (Å²) in [7, 11) is 0. The van der Waals surface area contributed by atoms with Crippen molar-refractivity contribution in [1.82, 2.24) is 9.97 Å². The molecule has 0 unspecified atom stereocenters. The highest BCUT2D eigenvalue weighted by Gasteiger charge is 2.07. The molecule has 4 aromatic rings. The fraction of sp³-hybridized carbons (Fsp3) is 0.0400. The lowest BCUT2D eigenvalue weighted by Gasteiger charge is -2.10. The molecule has 0 spiro atoms. The third kappa shape index (κ3) is 5.71. The maximum Gasteiger partial charge on any atom is 0.255 e. The molecule has 0 saturated heterocycles. The second-order valence-electron chi connectivity index (χ2n) is 7.33. The fourth-order valence-corrected chi connectivity index (χ4v) is 3.13. The van der Waals surface area contributed by atoms with Crippen LogP contribution >= 0.6 is 0 Å². The summed E-state index contributed by atoms with van der Waals surface area (Å²) in [6, 6.07) is 23.3. The number of hydrogen-bond acceptors (Lipinski definition) is 6. The number of hydrogen-bond donors (Lipinski definition) is 4. The van der Waals surface area contributed by atoms with Crippen molar-refractivity contribution < 1.29 is 9.59 Å². The van der Waals surface area contributed by atoms with Gasteiger partial charge in [-0.3, -0.25) is 9.59 Å². The van der Waals surface area contributed by atoms with Gasteiger partial charge in [0.05, 0.1) is 5.69 Å². The van der Waals surface area contributed by atoms with Crippen molar-refractivity contribution in [2.45, 2.75) is 6.92 Å². The lowest BCUT2D eigenvalue weighted by Crippen LogP contribution is -2.11. The molecular formula is C25H22N6O2. The first-order valence-electron chi connectivity index (χ1n) is 10.2. The van der Waals surface area contributed by atoms with Crippen molar-refractivity contribution in [3.63, 3.8) is 0 Å². The number of rotatable bonds is 6. The normalized spacial score (nSPS) is 10.3. The van der Waals surface area contributed by atoms with E-state index in [0.29, 0.717) is 22.8 Å². The highest BCUT2D eigenvalue weighted by molar-refractivity contribution is 6.04. The molecular weight excluding hydrogens is 416 g/mol. The lowest BCUT2D eigenvalue weighted by molar-refractivity contribution is -0.114. The molecule has 4 rings (SSSR count). The number of nitrogens with zero attached hydrogens (tertiary/aromatic N) is 2. The first-order chi connectivity index (χ1) is 16.0. The Bertz CT molecular complexity index is 1270. The molecule has 0 fully saturated rings. The molecule has 0 radical (unpaired) electrons. The third-order valence-electron chi connectivity index (χ3n) is 4.76. The summed E-state index contributed by atoms with van der Waals surface area (Å²) in [6.07, 6.45) is 1.49. The summed E-state index contributed by atoms with van der Waals surface area (Å²) in [4.78, 5) is 32.1. The molecule has 8 nitrogen and oxygen atoms in total. The summed E-state index contributed by atoms with van der Waals surface area (Å²) < 4.78 is 0. The fourth-order valence-electron chi connectivity index (χ4n) is 3.13. The van der Waals surface area contributed by atoms with Crippen LogP contribution in [0.4, 0.5) is 28.6 Å². The average molecular weight is 438 g/mol. The number of benzene rings is 3. The van der Waals surface area contributed by atoms with Crippen molar-refractivity contribution in [2.75, 3.05) is 21.7 Å². The van der Waals surface area contributed by atoms with E-state index in [4.69, 9.17) is 5.73 Å². The molecule has 0 aliphatic carbocycles. The summed E-state index contributed by atoms with van der Waals surface area (Å²) in [5.41, 5.74) is 10.7. The Morgan fingerprint density at radius 2 is 1.36 bits per heavy atom. The van der Waals surface area contributed by atoms with Crippen LogP contribution in [0.3, 0.4) is 0 Å². The molecule has 164 valence electrons. The van der Waals surface area contributed by atoms with Crippen LogP contribution in [0.15, 0.2) is 85.2 Å². The van der Waals surface area contributed by atoms with Gasteiger partial charge in [-0.1, -0.05) is 12.1 Å². The third-order valence-corrected chi connectivity index (χ3v) is 4.76. The summed E-state index contributed by atoms with van der Waals surface area (Å²) in [5.74, 6) is 0.303. The van der Waals surface area contributed by atoms with Gasteiger partial charge in [-0.25, -0.2) is 9.97 Å². The van der Waals surface area contributed by atoms with Crippen LogP contribution in [0, 0.1) is 0 Å². The maximum absolute atomic E-state index is 12.3. The highest BCUT2D eigenvalue weighted by Crippen LogP contribution is 2.23. The second kappa shape index (κ2) is 9.61. The van der Waals surface area contributed by atoms with Gasteiger partial charge in [0.25, 0.3) is 5.91 Å². The molecule has 1 aromatic heterocycles. The summed E-state index contributed by atoms with van der Waals surface area (Å²) in [6.45, 7) is 1.47. The van der Waals surface area contributed by atoms with Gasteiger partial charge in [0.15, 0.2) is 0 Å². The molecule has 1 heterocycles. The topological polar surface area (TPSA) is 122 Å². The van der Waals surface area contributed by atoms with Crippen LogP contribution < -0.4 is 21.7 Å². The van der Waals surface area contributed by atoms with E-state index in [1.807, 2.05) is 42.5 Å². The van der Waals surface area contributed by atoms with Crippen molar-refractivity contribution >= 4 is 40.4 Å². The monoisotopic (exact) mass is 438 g/mol. The Balaban J connectivity index is 1.41. The first kappa shape index (κ1) is 21.5. The highest BCUT2D eigenvalue weighted by atomic mass is 16.2. The molecule has 2 amide bonds. The van der Waals surface area contributed by atoms with E-state index in [1.54, 1.807) is 36.4 Å². The maximum atomic E-state index is 12.3. The van der Waals surface area contributed by atoms with Crippen LogP contribution in [-0.4, -0.2) is 21.8 Å². The van der Waals surface area contributed by atoms with Crippen LogP contribution in [0.25, 0.3) is 11.3 Å². The molecule has 0 aliphatic heterocycles. The van der Waals surface area contributed by atoms with Crippen LogP contribution in [0.2, 0.25) is 0 Å². The van der Waals surface area contributed by atoms with E-state index in [2.05, 4.69) is 25.9 Å². The minimum Gasteiger partial charge on any atom is -0.399 e. The second-order valence-corrected chi connectivity index (χ2v) is 7.33. The number of amides is 2. The van der Waals surface area contributed by atoms with Gasteiger partial charge in [0.2, 0.25) is 5.91 Å². The number of anilines is 5. The van der Waals surface area contributed by atoms with Gasteiger partial charge in [0, 0.05) is 46.9 Å². The van der Waals surface area contributed by atoms with Gasteiger partial charge in [-0.2, -0.15) is 0 Å². The Hall–Kier alpha value is -4.72. The van der Waals surface area contributed by atoms with Crippen molar-refractivity contribution in [3.05, 3.63) is 90.8 Å². The van der Waals surface area contributed by atoms with Gasteiger partial charge >= 0.3 is 0 Å². The minimum absolute atomic E-state index is 0.118. The minimum atomic E-state index is -0.208. The van der Waals surface area contributed by atoms with E-state index >= 15 is 0 Å². The number of carbonyl (C=O) groups excluding carboxylic acids is 2. The van der Waals surface area contributed by atoms with E-state index < -0.39 is 0 Å². The standard InChI is InChI=1S/C25H22N6O2/c1-16(32)29-20-8-4-17(5-9-20)23-14-24(28-15-27-23)30-21-10-12-22(13-11-21)31-25(33)18-2-6-19(26)7-3-18/h2-15H,26H2,1H3,(H,29,32)(H,31,33)(H,27,28,30). The number of nitrogen functional groups attached to an aromatic ring is 1. The van der Waals surface area contributed by atoms with Crippen LogP contribution in [0.1, 0.15) is 17.3 Å². The molecule has 0 aliphatic rings. The Kier molecular flexibility index (Phi) is 6.26. The van der Waals surface area contributed by atoms with Crippen LogP contribution in [-0.2, 0) is 4.79 Å². The largest absolute Gasteiger partial charge is 0.399 e. The molecule has 33 heavy (non-hydrogen) atoms. The van der Waals surface area contributed by atoms with Crippen LogP contribution in [0.5, 0.6) is 0 Å². The summed E-state index contributed by atoms with van der Waals surface area (Å²) >= 11 is 0. The molecule has 5 N–H and O–H groups in total. The molecule has 3 aromatic carbocycles. The van der Waals surface area contributed by atoms with Crippen molar-refractivity contribution in [1.29, 1.82) is 0 Å². The predicted molar refractivity (Wildman–Crippen MR) is 130 cm³/mol. The molecule has 0 atom stereocenters. The zero-order valence-corrected chi connectivity index (χ0v) is 17.9. The average Bonchev–Trinajstić information content (AvgIpc) is 2.81. The van der Waals surface area contributed by atoms with E-state index in [0.717, 1.165) is 22.6 Å². The quantitative estimate of drug-likeness (QED) is 0.324. The number of nitrogens with one attached hydrogen (secondary N) is 3. The van der Waals surface area contributed by atoms with Gasteiger partial charge in [-0.15, -0.1) is 0 Å².